The summed E-state index contributed by atoms with van der Waals surface area (Å²) in [7, 11) is 0. The Bertz CT molecular complexity index is 2280. The van der Waals surface area contributed by atoms with Gasteiger partial charge in [0.05, 0.1) is 5.39 Å². The second-order valence-corrected chi connectivity index (χ2v) is 10.1. The fourth-order valence-electron chi connectivity index (χ4n) is 4.82. The second-order valence-electron chi connectivity index (χ2n) is 10.1. The zero-order valence-corrected chi connectivity index (χ0v) is 24.2. The van der Waals surface area contributed by atoms with Gasteiger partial charge in [-0.15, -0.1) is 0 Å². The summed E-state index contributed by atoms with van der Waals surface area (Å²) < 4.78 is 22.0. The molecule has 0 fully saturated rings. The van der Waals surface area contributed by atoms with Crippen molar-refractivity contribution < 1.29 is 18.5 Å². The number of pyridine rings is 2. The monoisotopic (exact) mass is 607 g/mol. The third-order valence-corrected chi connectivity index (χ3v) is 7.02. The summed E-state index contributed by atoms with van der Waals surface area (Å²) >= 11 is 0. The molecule has 46 heavy (non-hydrogen) atoms. The van der Waals surface area contributed by atoms with Crippen LogP contribution < -0.4 is 20.8 Å². The van der Waals surface area contributed by atoms with Crippen LogP contribution in [0.4, 0.5) is 5.82 Å². The van der Waals surface area contributed by atoms with Crippen molar-refractivity contribution in [1.82, 2.24) is 20.3 Å². The number of aromatic amines is 1. The molecule has 3 N–H and O–H groups in total. The van der Waals surface area contributed by atoms with E-state index < -0.39 is 0 Å². The first kappa shape index (κ1) is 28.1. The summed E-state index contributed by atoms with van der Waals surface area (Å²) in [5.74, 6) is 3.42. The van der Waals surface area contributed by atoms with E-state index >= 15 is 0 Å². The highest BCUT2D eigenvalue weighted by Gasteiger charge is 2.15. The van der Waals surface area contributed by atoms with E-state index in [1.807, 2.05) is 109 Å². The molecule has 4 heterocycles. The minimum absolute atomic E-state index is 0.219. The van der Waals surface area contributed by atoms with E-state index in [0.29, 0.717) is 39.5 Å². The van der Waals surface area contributed by atoms with Gasteiger partial charge in [-0.25, -0.2) is 4.98 Å². The Balaban J connectivity index is 0.000000147. The van der Waals surface area contributed by atoms with E-state index in [2.05, 4.69) is 20.3 Å². The average Bonchev–Trinajstić information content (AvgIpc) is 3.74. The molecule has 0 amide bonds. The zero-order chi connectivity index (χ0) is 31.3. The van der Waals surface area contributed by atoms with Crippen molar-refractivity contribution in [3.63, 3.8) is 0 Å². The maximum absolute atomic E-state index is 12.0. The number of nitrogens with two attached hydrogens (primary N) is 1. The first-order valence-corrected chi connectivity index (χ1v) is 14.3. The van der Waals surface area contributed by atoms with Gasteiger partial charge in [-0.1, -0.05) is 46.7 Å². The van der Waals surface area contributed by atoms with E-state index in [1.165, 1.54) is 6.20 Å². The molecule has 4 aromatic heterocycles. The predicted molar refractivity (Wildman–Crippen MR) is 175 cm³/mol. The first-order chi connectivity index (χ1) is 22.6. The number of benzene rings is 4. The van der Waals surface area contributed by atoms with Crippen LogP contribution in [0.2, 0.25) is 0 Å². The van der Waals surface area contributed by atoms with Crippen molar-refractivity contribution in [1.29, 1.82) is 0 Å². The highest BCUT2D eigenvalue weighted by atomic mass is 16.5. The van der Waals surface area contributed by atoms with E-state index in [1.54, 1.807) is 18.3 Å². The van der Waals surface area contributed by atoms with E-state index in [4.69, 9.17) is 24.3 Å². The van der Waals surface area contributed by atoms with Crippen LogP contribution in [0.1, 0.15) is 0 Å². The van der Waals surface area contributed by atoms with Crippen LogP contribution in [0.5, 0.6) is 23.0 Å². The fourth-order valence-corrected chi connectivity index (χ4v) is 4.82. The molecule has 224 valence electrons. The van der Waals surface area contributed by atoms with Crippen LogP contribution >= 0.6 is 0 Å². The molecule has 0 bridgehead atoms. The van der Waals surface area contributed by atoms with Crippen molar-refractivity contribution in [2.24, 2.45) is 0 Å². The Hall–Kier alpha value is -6.68. The first-order valence-electron chi connectivity index (χ1n) is 14.3. The molecule has 0 aliphatic rings. The van der Waals surface area contributed by atoms with Gasteiger partial charge in [-0.3, -0.25) is 4.79 Å². The Morgan fingerprint density at radius 3 is 1.59 bits per heavy atom. The van der Waals surface area contributed by atoms with E-state index in [9.17, 15) is 4.79 Å². The molecular formula is C36H25N5O5. The van der Waals surface area contributed by atoms with Crippen LogP contribution in [0, 0.1) is 0 Å². The molecule has 0 aliphatic heterocycles. The number of fused-ring (bicyclic) bond motifs is 2. The Morgan fingerprint density at radius 1 is 0.565 bits per heavy atom. The number of ether oxygens (including phenoxy) is 2. The van der Waals surface area contributed by atoms with Gasteiger partial charge in [0.1, 0.15) is 45.6 Å². The lowest BCUT2D eigenvalue weighted by atomic mass is 10.1. The largest absolute Gasteiger partial charge is 0.457 e. The Morgan fingerprint density at radius 2 is 1.04 bits per heavy atom. The lowest BCUT2D eigenvalue weighted by Crippen LogP contribution is -2.03. The highest BCUT2D eigenvalue weighted by Crippen LogP contribution is 2.33. The molecule has 4 aromatic carbocycles. The third kappa shape index (κ3) is 5.90. The van der Waals surface area contributed by atoms with Gasteiger partial charge in [0.2, 0.25) is 0 Å². The van der Waals surface area contributed by atoms with Crippen molar-refractivity contribution >= 4 is 27.8 Å². The smallest absolute Gasteiger partial charge is 0.261 e. The quantitative estimate of drug-likeness (QED) is 0.191. The number of hydrogen-bond acceptors (Lipinski definition) is 9. The van der Waals surface area contributed by atoms with Crippen molar-refractivity contribution in [3.8, 4) is 45.5 Å². The van der Waals surface area contributed by atoms with E-state index in [-0.39, 0.29) is 5.56 Å². The Labute approximate surface area is 261 Å². The van der Waals surface area contributed by atoms with Gasteiger partial charge in [0, 0.05) is 35.7 Å². The number of H-pyrrole nitrogens is 1. The van der Waals surface area contributed by atoms with E-state index in [0.717, 1.165) is 33.8 Å². The molecule has 0 spiro atoms. The lowest BCUT2D eigenvalue weighted by Gasteiger charge is -2.06. The average molecular weight is 608 g/mol. The van der Waals surface area contributed by atoms with Crippen molar-refractivity contribution in [2.75, 3.05) is 5.73 Å². The standard InChI is InChI=1S/C18H13N3O2.C18H12N2O3/c19-18-16-15(10-11-20-18)23-21-17(16)12-6-8-14(9-7-12)22-13-4-2-1-3-5-13;21-18-16-15(10-11-19-18)23-20-17(16)12-6-8-14(9-7-12)22-13-4-2-1-3-5-13/h1-11H,(H2,19,20);1-11H,(H,19,21). The van der Waals surface area contributed by atoms with Crippen LogP contribution in [0.3, 0.4) is 0 Å². The second kappa shape index (κ2) is 12.5. The number of anilines is 1. The molecule has 0 saturated heterocycles. The molecule has 0 unspecified atom stereocenters. The molecule has 8 rings (SSSR count). The molecule has 10 heteroatoms. The van der Waals surface area contributed by atoms with Crippen LogP contribution in [-0.4, -0.2) is 20.3 Å². The van der Waals surface area contributed by atoms with Crippen LogP contribution in [0.25, 0.3) is 44.5 Å². The summed E-state index contributed by atoms with van der Waals surface area (Å²) in [6.45, 7) is 0. The van der Waals surface area contributed by atoms with Gasteiger partial charge in [0.25, 0.3) is 5.56 Å². The number of nitrogens with one attached hydrogen (secondary N) is 1. The summed E-state index contributed by atoms with van der Waals surface area (Å²) in [6, 6.07) is 37.6. The van der Waals surface area contributed by atoms with Gasteiger partial charge < -0.3 is 29.2 Å². The van der Waals surface area contributed by atoms with Gasteiger partial charge in [-0.05, 0) is 72.8 Å². The number of aromatic nitrogens is 4. The number of nitrogens with zero attached hydrogens (tertiary/aromatic N) is 3. The zero-order valence-electron chi connectivity index (χ0n) is 24.2. The molecule has 10 nitrogen and oxygen atoms in total. The lowest BCUT2D eigenvalue weighted by molar-refractivity contribution is 0.459. The molecular weight excluding hydrogens is 582 g/mol. The SMILES string of the molecule is Nc1nccc2onc(-c3ccc(Oc4ccccc4)cc3)c12.O=c1[nH]ccc2onc(-c3ccc(Oc4ccccc4)cc3)c12. The molecule has 0 saturated carbocycles. The molecule has 0 radical (unpaired) electrons. The minimum Gasteiger partial charge on any atom is -0.457 e. The number of para-hydroxylation sites is 2. The van der Waals surface area contributed by atoms with Crippen molar-refractivity contribution in [3.05, 3.63) is 144 Å². The topological polar surface area (TPSA) is 142 Å². The number of rotatable bonds is 6. The van der Waals surface area contributed by atoms with Crippen LogP contribution in [-0.2, 0) is 0 Å². The normalized spacial score (nSPS) is 10.8. The van der Waals surface area contributed by atoms with Gasteiger partial charge in [-0.2, -0.15) is 0 Å². The summed E-state index contributed by atoms with van der Waals surface area (Å²) in [5.41, 5.74) is 9.69. The minimum atomic E-state index is -0.219. The highest BCUT2D eigenvalue weighted by molar-refractivity contribution is 5.98. The van der Waals surface area contributed by atoms with Gasteiger partial charge in [0.15, 0.2) is 11.2 Å². The number of hydrogen-bond donors (Lipinski definition) is 2. The summed E-state index contributed by atoms with van der Waals surface area (Å²) in [4.78, 5) is 18.7. The molecule has 0 aliphatic carbocycles. The summed E-state index contributed by atoms with van der Waals surface area (Å²) in [6.07, 6.45) is 3.14. The maximum Gasteiger partial charge on any atom is 0.261 e. The fraction of sp³-hybridized carbons (Fsp3) is 0. The number of nitrogen functional groups attached to an aromatic ring is 1. The summed E-state index contributed by atoms with van der Waals surface area (Å²) in [5, 5.41) is 9.28. The van der Waals surface area contributed by atoms with Gasteiger partial charge >= 0.3 is 0 Å². The predicted octanol–water partition coefficient (Wildman–Crippen LogP) is 8.24. The maximum atomic E-state index is 12.0. The van der Waals surface area contributed by atoms with Crippen LogP contribution in [0.15, 0.2) is 148 Å². The Kier molecular flexibility index (Phi) is 7.64. The third-order valence-electron chi connectivity index (χ3n) is 7.02. The molecule has 8 aromatic rings. The molecule has 0 atom stereocenters. The van der Waals surface area contributed by atoms with Crippen molar-refractivity contribution in [2.45, 2.75) is 0 Å².